The van der Waals surface area contributed by atoms with E-state index in [4.69, 9.17) is 9.47 Å². The third-order valence-corrected chi connectivity index (χ3v) is 4.51. The molecule has 1 aromatic heterocycles. The van der Waals surface area contributed by atoms with Crippen molar-refractivity contribution >= 4 is 28.9 Å². The van der Waals surface area contributed by atoms with Crippen LogP contribution in [0.25, 0.3) is 0 Å². The molecule has 1 aliphatic heterocycles. The number of fused-ring (bicyclic) bond motifs is 1. The number of para-hydroxylation sites is 2. The van der Waals surface area contributed by atoms with Gasteiger partial charge in [-0.15, -0.1) is 0 Å². The van der Waals surface area contributed by atoms with Crippen molar-refractivity contribution < 1.29 is 14.3 Å². The number of carbonyl (C=O) groups excluding carboxylic acids is 1. The summed E-state index contributed by atoms with van der Waals surface area (Å²) in [5.41, 5.74) is 1.52. The second kappa shape index (κ2) is 8.28. The van der Waals surface area contributed by atoms with E-state index in [1.165, 1.54) is 0 Å². The number of hydrogen-bond donors (Lipinski definition) is 2. The second-order valence-electron chi connectivity index (χ2n) is 7.11. The number of nitrogens with zero attached hydrogens (tertiary/aromatic N) is 3. The van der Waals surface area contributed by atoms with Crippen molar-refractivity contribution in [3.05, 3.63) is 60.4 Å². The minimum Gasteiger partial charge on any atom is -0.485 e. The van der Waals surface area contributed by atoms with Crippen molar-refractivity contribution in [3.63, 3.8) is 0 Å². The van der Waals surface area contributed by atoms with Crippen molar-refractivity contribution in [2.75, 3.05) is 36.2 Å². The Hall–Kier alpha value is -3.81. The van der Waals surface area contributed by atoms with Crippen LogP contribution in [-0.2, 0) is 4.79 Å². The third-order valence-electron chi connectivity index (χ3n) is 4.51. The Labute approximate surface area is 174 Å². The van der Waals surface area contributed by atoms with Gasteiger partial charge in [0, 0.05) is 31.5 Å². The Balaban J connectivity index is 1.39. The second-order valence-corrected chi connectivity index (χ2v) is 7.11. The molecule has 154 valence electrons. The summed E-state index contributed by atoms with van der Waals surface area (Å²) in [6, 6.07) is 16.6. The normalized spacial score (nSPS) is 14.7. The van der Waals surface area contributed by atoms with E-state index in [0.717, 1.165) is 11.5 Å². The smallest absolute Gasteiger partial charge is 0.269 e. The van der Waals surface area contributed by atoms with E-state index in [-0.39, 0.29) is 12.5 Å². The molecule has 1 aliphatic rings. The van der Waals surface area contributed by atoms with Gasteiger partial charge in [0.05, 0.1) is 0 Å². The highest BCUT2D eigenvalue weighted by atomic mass is 16.6. The highest BCUT2D eigenvalue weighted by Gasteiger charge is 2.27. The minimum atomic E-state index is -0.703. The van der Waals surface area contributed by atoms with Crippen molar-refractivity contribution in [2.45, 2.75) is 13.0 Å². The molecule has 8 nitrogen and oxygen atoms in total. The molecule has 1 amide bonds. The van der Waals surface area contributed by atoms with E-state index in [1.54, 1.807) is 6.07 Å². The monoisotopic (exact) mass is 405 g/mol. The number of aromatic nitrogens is 2. The van der Waals surface area contributed by atoms with Crippen LogP contribution < -0.4 is 25.0 Å². The van der Waals surface area contributed by atoms with Gasteiger partial charge in [0.15, 0.2) is 11.5 Å². The van der Waals surface area contributed by atoms with Gasteiger partial charge in [0.25, 0.3) is 5.91 Å². The van der Waals surface area contributed by atoms with Crippen LogP contribution in [0.2, 0.25) is 0 Å². The topological polar surface area (TPSA) is 88.6 Å². The third kappa shape index (κ3) is 4.43. The first-order valence-corrected chi connectivity index (χ1v) is 9.57. The zero-order chi connectivity index (χ0) is 21.1. The van der Waals surface area contributed by atoms with Crippen molar-refractivity contribution in [1.82, 2.24) is 9.97 Å². The molecule has 3 aromatic rings. The fraction of sp³-hybridized carbons (Fsp3) is 0.227. The number of nitrogens with one attached hydrogen (secondary N) is 2. The molecule has 2 N–H and O–H groups in total. The van der Waals surface area contributed by atoms with Gasteiger partial charge in [0.2, 0.25) is 6.10 Å². The molecule has 30 heavy (non-hydrogen) atoms. The fourth-order valence-electron chi connectivity index (χ4n) is 3.00. The van der Waals surface area contributed by atoms with E-state index in [2.05, 4.69) is 20.6 Å². The van der Waals surface area contributed by atoms with Crippen molar-refractivity contribution in [1.29, 1.82) is 0 Å². The first-order valence-electron chi connectivity index (χ1n) is 9.57. The Morgan fingerprint density at radius 3 is 2.47 bits per heavy atom. The van der Waals surface area contributed by atoms with Crippen LogP contribution in [-0.4, -0.2) is 42.7 Å². The van der Waals surface area contributed by atoms with E-state index in [9.17, 15) is 4.79 Å². The molecular weight excluding hydrogens is 382 g/mol. The minimum absolute atomic E-state index is 0.170. The molecule has 0 fully saturated rings. The lowest BCUT2D eigenvalue weighted by atomic mass is 10.2. The Kier molecular flexibility index (Phi) is 5.38. The molecule has 4 rings (SSSR count). The zero-order valence-electron chi connectivity index (χ0n) is 17.0. The maximum atomic E-state index is 12.5. The van der Waals surface area contributed by atoms with Gasteiger partial charge in [-0.3, -0.25) is 4.79 Å². The first-order chi connectivity index (χ1) is 14.5. The lowest BCUT2D eigenvalue weighted by Gasteiger charge is -2.25. The standard InChI is InChI=1S/C22H23N5O3/c1-14-23-20(12-21(24-14)27(2)3)25-15-8-10-16(11-9-15)26-22(28)19-13-29-17-6-4-5-7-18(17)30-19/h4-12,19H,13H2,1-3H3,(H,26,28)(H,23,24,25). The molecule has 2 heterocycles. The number of hydrogen-bond acceptors (Lipinski definition) is 7. The predicted molar refractivity (Wildman–Crippen MR) is 116 cm³/mol. The van der Waals surface area contributed by atoms with Crippen LogP contribution in [0.5, 0.6) is 11.5 Å². The Morgan fingerprint density at radius 2 is 1.73 bits per heavy atom. The van der Waals surface area contributed by atoms with Gasteiger partial charge in [-0.2, -0.15) is 0 Å². The van der Waals surface area contributed by atoms with E-state index < -0.39 is 6.10 Å². The summed E-state index contributed by atoms with van der Waals surface area (Å²) in [6.07, 6.45) is -0.703. The summed E-state index contributed by atoms with van der Waals surface area (Å²) in [4.78, 5) is 23.3. The number of carbonyl (C=O) groups is 1. The highest BCUT2D eigenvalue weighted by Crippen LogP contribution is 2.31. The molecule has 1 atom stereocenters. The molecule has 0 spiro atoms. The van der Waals surface area contributed by atoms with Crippen molar-refractivity contribution in [3.8, 4) is 11.5 Å². The molecule has 8 heteroatoms. The van der Waals surface area contributed by atoms with Crippen molar-refractivity contribution in [2.24, 2.45) is 0 Å². The number of anilines is 4. The summed E-state index contributed by atoms with van der Waals surface area (Å²) in [5.74, 6) is 3.17. The number of rotatable bonds is 5. The Morgan fingerprint density at radius 1 is 1.03 bits per heavy atom. The quantitative estimate of drug-likeness (QED) is 0.673. The predicted octanol–water partition coefficient (Wildman–Crippen LogP) is 3.37. The summed E-state index contributed by atoms with van der Waals surface area (Å²) in [6.45, 7) is 2.02. The first kappa shape index (κ1) is 19.5. The van der Waals surface area contributed by atoms with Gasteiger partial charge >= 0.3 is 0 Å². The molecule has 0 radical (unpaired) electrons. The summed E-state index contributed by atoms with van der Waals surface area (Å²) < 4.78 is 11.3. The molecule has 0 saturated heterocycles. The zero-order valence-corrected chi connectivity index (χ0v) is 17.0. The maximum Gasteiger partial charge on any atom is 0.269 e. The summed E-state index contributed by atoms with van der Waals surface area (Å²) in [7, 11) is 3.87. The maximum absolute atomic E-state index is 12.5. The lowest BCUT2D eigenvalue weighted by molar-refractivity contribution is -0.125. The molecular formula is C22H23N5O3. The van der Waals surface area contributed by atoms with E-state index in [0.29, 0.717) is 28.8 Å². The molecule has 0 aliphatic carbocycles. The summed E-state index contributed by atoms with van der Waals surface area (Å²) in [5, 5.41) is 6.12. The summed E-state index contributed by atoms with van der Waals surface area (Å²) >= 11 is 0. The molecule has 2 aromatic carbocycles. The molecule has 1 unspecified atom stereocenters. The van der Waals surface area contributed by atoms with E-state index in [1.807, 2.05) is 74.4 Å². The van der Waals surface area contributed by atoms with Crippen LogP contribution in [0.15, 0.2) is 54.6 Å². The fourth-order valence-corrected chi connectivity index (χ4v) is 3.00. The Bertz CT molecular complexity index is 1050. The molecule has 0 bridgehead atoms. The van der Waals surface area contributed by atoms with Crippen LogP contribution in [0.1, 0.15) is 5.82 Å². The highest BCUT2D eigenvalue weighted by molar-refractivity contribution is 5.95. The van der Waals surface area contributed by atoms with E-state index >= 15 is 0 Å². The number of ether oxygens (including phenoxy) is 2. The largest absolute Gasteiger partial charge is 0.485 e. The van der Waals surface area contributed by atoms with Crippen LogP contribution in [0.4, 0.5) is 23.0 Å². The van der Waals surface area contributed by atoms with Crippen LogP contribution >= 0.6 is 0 Å². The van der Waals surface area contributed by atoms with Crippen LogP contribution in [0.3, 0.4) is 0 Å². The van der Waals surface area contributed by atoms with Crippen LogP contribution in [0, 0.1) is 6.92 Å². The van der Waals surface area contributed by atoms with Gasteiger partial charge in [-0.1, -0.05) is 12.1 Å². The van der Waals surface area contributed by atoms with Gasteiger partial charge in [0.1, 0.15) is 24.1 Å². The van der Waals surface area contributed by atoms with Gasteiger partial charge in [-0.05, 0) is 43.3 Å². The number of benzene rings is 2. The number of aryl methyl sites for hydroxylation is 1. The number of amides is 1. The SMILES string of the molecule is Cc1nc(Nc2ccc(NC(=O)C3COc4ccccc4O3)cc2)cc(N(C)C)n1. The van der Waals surface area contributed by atoms with Gasteiger partial charge < -0.3 is 25.0 Å². The lowest BCUT2D eigenvalue weighted by Crippen LogP contribution is -2.40. The average Bonchev–Trinajstić information content (AvgIpc) is 2.74. The average molecular weight is 405 g/mol. The van der Waals surface area contributed by atoms with Gasteiger partial charge in [-0.25, -0.2) is 9.97 Å². The molecule has 0 saturated carbocycles.